The molecule has 7 heteroatoms. The summed E-state index contributed by atoms with van der Waals surface area (Å²) in [6, 6.07) is 2.98. The Morgan fingerprint density at radius 2 is 1.73 bits per heavy atom. The Morgan fingerprint density at radius 1 is 1.18 bits per heavy atom. The van der Waals surface area contributed by atoms with Gasteiger partial charge in [0, 0.05) is 19.7 Å². The van der Waals surface area contributed by atoms with Crippen molar-refractivity contribution in [2.24, 2.45) is 0 Å². The van der Waals surface area contributed by atoms with Crippen LogP contribution in [0.3, 0.4) is 0 Å². The number of hydrogen-bond acceptors (Lipinski definition) is 4. The van der Waals surface area contributed by atoms with E-state index in [4.69, 9.17) is 10.1 Å². The number of carbonyl (C=O) groups excluding carboxylic acids is 2. The predicted molar refractivity (Wildman–Crippen MR) is 85.4 cm³/mol. The average Bonchev–Trinajstić information content (AvgIpc) is 2.47. The normalized spacial score (nSPS) is 9.82. The van der Waals surface area contributed by atoms with E-state index in [0.29, 0.717) is 24.3 Å². The standard InChI is InChI=1S/C15H22N4O3/c1-5-10-7-12(22-9(3)20)8-11(6-2)13(10)18-15(21)19-14(16)17-4/h7-8H,5-6H2,1-4H3,(H4,16,17,18,19,21). The first kappa shape index (κ1) is 17.5. The first-order valence-corrected chi connectivity index (χ1v) is 7.09. The van der Waals surface area contributed by atoms with Crippen molar-refractivity contribution in [1.29, 1.82) is 5.41 Å². The smallest absolute Gasteiger partial charge is 0.326 e. The summed E-state index contributed by atoms with van der Waals surface area (Å²) in [4.78, 5) is 23.0. The van der Waals surface area contributed by atoms with E-state index in [0.717, 1.165) is 11.1 Å². The zero-order valence-electron chi connectivity index (χ0n) is 13.3. The van der Waals surface area contributed by atoms with E-state index >= 15 is 0 Å². The summed E-state index contributed by atoms with van der Waals surface area (Å²) in [6.07, 6.45) is 1.34. The van der Waals surface area contributed by atoms with E-state index in [1.54, 1.807) is 19.2 Å². The molecule has 0 atom stereocenters. The molecule has 7 nitrogen and oxygen atoms in total. The fraction of sp³-hybridized carbons (Fsp3) is 0.400. The minimum atomic E-state index is -0.496. The second-order valence-corrected chi connectivity index (χ2v) is 4.62. The van der Waals surface area contributed by atoms with Crippen molar-refractivity contribution in [3.05, 3.63) is 23.3 Å². The van der Waals surface area contributed by atoms with Crippen LogP contribution in [0.5, 0.6) is 5.75 Å². The molecule has 0 aliphatic rings. The summed E-state index contributed by atoms with van der Waals surface area (Å²) in [7, 11) is 1.55. The van der Waals surface area contributed by atoms with Gasteiger partial charge < -0.3 is 15.4 Å². The zero-order chi connectivity index (χ0) is 16.7. The number of carbonyl (C=O) groups is 2. The van der Waals surface area contributed by atoms with Crippen LogP contribution in [-0.4, -0.2) is 25.0 Å². The molecule has 0 fully saturated rings. The van der Waals surface area contributed by atoms with E-state index in [2.05, 4.69) is 16.0 Å². The molecule has 2 amide bonds. The maximum Gasteiger partial charge on any atom is 0.326 e. The number of esters is 1. The van der Waals surface area contributed by atoms with Crippen LogP contribution in [0.25, 0.3) is 0 Å². The van der Waals surface area contributed by atoms with Gasteiger partial charge in [0.1, 0.15) is 5.75 Å². The number of guanidine groups is 1. The van der Waals surface area contributed by atoms with Crippen LogP contribution in [-0.2, 0) is 17.6 Å². The quantitative estimate of drug-likeness (QED) is 0.296. The van der Waals surface area contributed by atoms with Crippen molar-refractivity contribution in [2.45, 2.75) is 33.6 Å². The van der Waals surface area contributed by atoms with E-state index < -0.39 is 6.03 Å². The molecule has 22 heavy (non-hydrogen) atoms. The lowest BCUT2D eigenvalue weighted by atomic mass is 10.0. The van der Waals surface area contributed by atoms with Gasteiger partial charge in [0.15, 0.2) is 5.96 Å². The number of amides is 2. The third-order valence-corrected chi connectivity index (χ3v) is 3.03. The minimum absolute atomic E-state index is 0.0925. The largest absolute Gasteiger partial charge is 0.427 e. The van der Waals surface area contributed by atoms with Crippen LogP contribution in [0, 0.1) is 5.41 Å². The highest BCUT2D eigenvalue weighted by atomic mass is 16.5. The van der Waals surface area contributed by atoms with Gasteiger partial charge in [-0.3, -0.25) is 15.5 Å². The highest BCUT2D eigenvalue weighted by Gasteiger charge is 2.14. The molecule has 0 bridgehead atoms. The minimum Gasteiger partial charge on any atom is -0.427 e. The van der Waals surface area contributed by atoms with Gasteiger partial charge in [-0.25, -0.2) is 4.79 Å². The molecule has 0 heterocycles. The highest BCUT2D eigenvalue weighted by Crippen LogP contribution is 2.28. The fourth-order valence-electron chi connectivity index (χ4n) is 2.00. The Hall–Kier alpha value is -2.57. The molecular formula is C15H22N4O3. The van der Waals surface area contributed by atoms with Crippen LogP contribution in [0.2, 0.25) is 0 Å². The number of hydrogen-bond donors (Lipinski definition) is 4. The molecule has 0 spiro atoms. The molecule has 1 aromatic carbocycles. The van der Waals surface area contributed by atoms with Gasteiger partial charge in [-0.15, -0.1) is 0 Å². The number of ether oxygens (including phenoxy) is 1. The molecule has 1 rings (SSSR count). The summed E-state index contributed by atoms with van der Waals surface area (Å²) >= 11 is 0. The van der Waals surface area contributed by atoms with Crippen LogP contribution < -0.4 is 20.7 Å². The number of anilines is 1. The molecule has 4 N–H and O–H groups in total. The summed E-state index contributed by atoms with van der Waals surface area (Å²) in [6.45, 7) is 5.25. The van der Waals surface area contributed by atoms with Crippen molar-refractivity contribution in [3.63, 3.8) is 0 Å². The zero-order valence-corrected chi connectivity index (χ0v) is 13.3. The molecule has 1 aromatic rings. The third kappa shape index (κ3) is 4.76. The average molecular weight is 306 g/mol. The van der Waals surface area contributed by atoms with Gasteiger partial charge in [-0.05, 0) is 36.1 Å². The third-order valence-electron chi connectivity index (χ3n) is 3.03. The summed E-state index contributed by atoms with van der Waals surface area (Å²) in [5.74, 6) is -0.00900. The van der Waals surface area contributed by atoms with Gasteiger partial charge in [0.05, 0.1) is 0 Å². The molecule has 0 saturated carbocycles. The molecule has 0 aliphatic heterocycles. The lowest BCUT2D eigenvalue weighted by molar-refractivity contribution is -0.131. The second-order valence-electron chi connectivity index (χ2n) is 4.62. The van der Waals surface area contributed by atoms with Crippen molar-refractivity contribution < 1.29 is 14.3 Å². The van der Waals surface area contributed by atoms with E-state index in [1.807, 2.05) is 13.8 Å². The highest BCUT2D eigenvalue weighted by molar-refractivity contribution is 6.02. The molecule has 0 unspecified atom stereocenters. The molecule has 0 saturated heterocycles. The van der Waals surface area contributed by atoms with Gasteiger partial charge in [0.2, 0.25) is 0 Å². The van der Waals surface area contributed by atoms with Crippen molar-refractivity contribution in [1.82, 2.24) is 10.6 Å². The number of benzene rings is 1. The Bertz CT molecular complexity index is 559. The molecule has 0 radical (unpaired) electrons. The summed E-state index contributed by atoms with van der Waals surface area (Å²) in [5, 5.41) is 15.0. The van der Waals surface area contributed by atoms with Crippen molar-refractivity contribution >= 4 is 23.6 Å². The maximum absolute atomic E-state index is 11.9. The Morgan fingerprint density at radius 3 is 2.14 bits per heavy atom. The fourth-order valence-corrected chi connectivity index (χ4v) is 2.00. The SMILES string of the molecule is CCc1cc(OC(C)=O)cc(CC)c1NC(=O)NC(=N)NC. The van der Waals surface area contributed by atoms with Gasteiger partial charge in [-0.1, -0.05) is 13.8 Å². The van der Waals surface area contributed by atoms with Gasteiger partial charge in [0.25, 0.3) is 0 Å². The van der Waals surface area contributed by atoms with E-state index in [-0.39, 0.29) is 11.9 Å². The van der Waals surface area contributed by atoms with E-state index in [1.165, 1.54) is 6.92 Å². The Labute approximate surface area is 129 Å². The summed E-state index contributed by atoms with van der Waals surface area (Å²) in [5.41, 5.74) is 2.41. The maximum atomic E-state index is 11.9. The number of rotatable bonds is 4. The molecule has 120 valence electrons. The van der Waals surface area contributed by atoms with Crippen LogP contribution in [0.4, 0.5) is 10.5 Å². The summed E-state index contributed by atoms with van der Waals surface area (Å²) < 4.78 is 5.13. The van der Waals surface area contributed by atoms with Crippen LogP contribution >= 0.6 is 0 Å². The lowest BCUT2D eigenvalue weighted by Gasteiger charge is -2.17. The molecule has 0 aliphatic carbocycles. The Kier molecular flexibility index (Phi) is 6.37. The second kappa shape index (κ2) is 8.02. The van der Waals surface area contributed by atoms with Crippen LogP contribution in [0.15, 0.2) is 12.1 Å². The number of urea groups is 1. The monoisotopic (exact) mass is 306 g/mol. The van der Waals surface area contributed by atoms with Gasteiger partial charge in [-0.2, -0.15) is 0 Å². The van der Waals surface area contributed by atoms with Crippen molar-refractivity contribution in [3.8, 4) is 5.75 Å². The van der Waals surface area contributed by atoms with Crippen LogP contribution in [0.1, 0.15) is 31.9 Å². The number of aryl methyl sites for hydroxylation is 2. The molecule has 0 aromatic heterocycles. The predicted octanol–water partition coefficient (Wildman–Crippen LogP) is 2.01. The first-order valence-electron chi connectivity index (χ1n) is 7.09. The van der Waals surface area contributed by atoms with Gasteiger partial charge >= 0.3 is 12.0 Å². The van der Waals surface area contributed by atoms with Crippen molar-refractivity contribution in [2.75, 3.05) is 12.4 Å². The first-order chi connectivity index (χ1) is 10.4. The number of nitrogens with one attached hydrogen (secondary N) is 4. The molecular weight excluding hydrogens is 284 g/mol. The lowest BCUT2D eigenvalue weighted by Crippen LogP contribution is -2.40. The topological polar surface area (TPSA) is 103 Å². The Balaban J connectivity index is 3.09. The van der Waals surface area contributed by atoms with E-state index in [9.17, 15) is 9.59 Å².